The summed E-state index contributed by atoms with van der Waals surface area (Å²) in [4.78, 5) is 10.3. The van der Waals surface area contributed by atoms with E-state index in [0.29, 0.717) is 5.69 Å². The number of aliphatic imine (C=N–C) groups is 2. The van der Waals surface area contributed by atoms with E-state index in [9.17, 15) is 9.50 Å². The zero-order valence-corrected chi connectivity index (χ0v) is 12.9. The molecular weight excluding hydrogens is 301 g/mol. The number of methoxy groups -OCH3 is 1. The van der Waals surface area contributed by atoms with Crippen LogP contribution in [0.4, 0.5) is 10.1 Å². The standard InChI is InChI=1S/C15H20FN5O2/c1-23-12-7-9(16)11(22)8-10(12)21-14(18)19-13(17)20-15(21)5-3-2-4-6-15/h7-8,22H,2-6H2,1H3,(H4,17,18,19,20). The van der Waals surface area contributed by atoms with Gasteiger partial charge < -0.3 is 21.3 Å². The second-order valence-corrected chi connectivity index (χ2v) is 5.79. The maximum atomic E-state index is 13.6. The first-order chi connectivity index (χ1) is 11.0. The van der Waals surface area contributed by atoms with Gasteiger partial charge in [0.25, 0.3) is 0 Å². The molecule has 7 nitrogen and oxygen atoms in total. The molecule has 2 aliphatic rings. The van der Waals surface area contributed by atoms with Crippen LogP contribution in [0.25, 0.3) is 0 Å². The van der Waals surface area contributed by atoms with E-state index in [0.717, 1.165) is 38.2 Å². The third-order valence-electron chi connectivity index (χ3n) is 4.34. The molecule has 1 fully saturated rings. The normalized spacial score (nSPS) is 20.2. The third kappa shape index (κ3) is 2.54. The van der Waals surface area contributed by atoms with Gasteiger partial charge in [-0.25, -0.2) is 9.38 Å². The van der Waals surface area contributed by atoms with Crippen molar-refractivity contribution < 1.29 is 14.2 Å². The Kier molecular flexibility index (Phi) is 3.75. The van der Waals surface area contributed by atoms with Crippen LogP contribution in [0.1, 0.15) is 32.1 Å². The summed E-state index contributed by atoms with van der Waals surface area (Å²) in [6, 6.07) is 2.40. The van der Waals surface area contributed by atoms with Gasteiger partial charge in [-0.3, -0.25) is 4.90 Å². The van der Waals surface area contributed by atoms with E-state index in [1.807, 2.05) is 0 Å². The fourth-order valence-corrected chi connectivity index (χ4v) is 3.34. The highest BCUT2D eigenvalue weighted by Crippen LogP contribution is 2.44. The maximum Gasteiger partial charge on any atom is 0.220 e. The first-order valence-corrected chi connectivity index (χ1v) is 7.53. The van der Waals surface area contributed by atoms with Crippen molar-refractivity contribution >= 4 is 17.6 Å². The van der Waals surface area contributed by atoms with Crippen molar-refractivity contribution in [2.45, 2.75) is 37.8 Å². The number of ether oxygens (including phenoxy) is 1. The summed E-state index contributed by atoms with van der Waals surface area (Å²) in [5, 5.41) is 9.78. The molecule has 1 aliphatic carbocycles. The minimum atomic E-state index is -0.765. The number of benzene rings is 1. The number of aromatic hydroxyl groups is 1. The summed E-state index contributed by atoms with van der Waals surface area (Å²) in [5.74, 6) is -0.713. The molecule has 3 rings (SSSR count). The molecule has 1 aromatic carbocycles. The fourth-order valence-electron chi connectivity index (χ4n) is 3.34. The van der Waals surface area contributed by atoms with Gasteiger partial charge in [0.15, 0.2) is 11.6 Å². The molecule has 0 saturated heterocycles. The van der Waals surface area contributed by atoms with Crippen LogP contribution in [0, 0.1) is 5.82 Å². The number of anilines is 1. The Bertz CT molecular complexity index is 683. The molecule has 1 heterocycles. The topological polar surface area (TPSA) is 109 Å². The number of guanidine groups is 2. The summed E-state index contributed by atoms with van der Waals surface area (Å²) in [7, 11) is 1.43. The molecule has 5 N–H and O–H groups in total. The molecule has 0 radical (unpaired) electrons. The molecule has 0 aromatic heterocycles. The molecule has 0 amide bonds. The minimum Gasteiger partial charge on any atom is -0.505 e. The lowest BCUT2D eigenvalue weighted by atomic mass is 9.87. The lowest BCUT2D eigenvalue weighted by Crippen LogP contribution is -2.58. The molecule has 0 bridgehead atoms. The van der Waals surface area contributed by atoms with Crippen molar-refractivity contribution in [2.24, 2.45) is 21.5 Å². The maximum absolute atomic E-state index is 13.6. The third-order valence-corrected chi connectivity index (χ3v) is 4.34. The Morgan fingerprint density at radius 1 is 1.26 bits per heavy atom. The predicted molar refractivity (Wildman–Crippen MR) is 86.2 cm³/mol. The zero-order chi connectivity index (χ0) is 16.6. The van der Waals surface area contributed by atoms with Gasteiger partial charge in [-0.15, -0.1) is 0 Å². The lowest BCUT2D eigenvalue weighted by Gasteiger charge is -2.45. The van der Waals surface area contributed by atoms with Gasteiger partial charge in [0.1, 0.15) is 11.4 Å². The first kappa shape index (κ1) is 15.4. The Balaban J connectivity index is 2.16. The monoisotopic (exact) mass is 321 g/mol. The number of rotatable bonds is 2. The summed E-state index contributed by atoms with van der Waals surface area (Å²) in [6.45, 7) is 0. The largest absolute Gasteiger partial charge is 0.505 e. The number of hydrogen-bond donors (Lipinski definition) is 3. The van der Waals surface area contributed by atoms with Crippen LogP contribution >= 0.6 is 0 Å². The highest BCUT2D eigenvalue weighted by molar-refractivity contribution is 6.06. The second kappa shape index (κ2) is 5.60. The van der Waals surface area contributed by atoms with Gasteiger partial charge in [0.05, 0.1) is 12.8 Å². The van der Waals surface area contributed by atoms with E-state index in [1.54, 1.807) is 4.90 Å². The molecule has 0 unspecified atom stereocenters. The van der Waals surface area contributed by atoms with E-state index in [1.165, 1.54) is 13.2 Å². The predicted octanol–water partition coefficient (Wildman–Crippen LogP) is 1.65. The van der Waals surface area contributed by atoms with Crippen molar-refractivity contribution in [3.05, 3.63) is 17.9 Å². The smallest absolute Gasteiger partial charge is 0.220 e. The van der Waals surface area contributed by atoms with Crippen LogP contribution in [0.5, 0.6) is 11.5 Å². The number of hydrogen-bond acceptors (Lipinski definition) is 7. The Labute approximate surface area is 133 Å². The van der Waals surface area contributed by atoms with Crippen LogP contribution in [0.15, 0.2) is 22.1 Å². The highest BCUT2D eigenvalue weighted by Gasteiger charge is 2.43. The van der Waals surface area contributed by atoms with Crippen LogP contribution in [-0.2, 0) is 0 Å². The Morgan fingerprint density at radius 3 is 2.61 bits per heavy atom. The molecule has 124 valence electrons. The second-order valence-electron chi connectivity index (χ2n) is 5.79. The number of phenols is 1. The fraction of sp³-hybridized carbons (Fsp3) is 0.467. The average molecular weight is 321 g/mol. The van der Waals surface area contributed by atoms with Crippen molar-refractivity contribution in [3.8, 4) is 11.5 Å². The van der Waals surface area contributed by atoms with Gasteiger partial charge in [-0.05, 0) is 25.7 Å². The molecule has 1 aromatic rings. The summed E-state index contributed by atoms with van der Waals surface area (Å²) in [6.07, 6.45) is 4.52. The zero-order valence-electron chi connectivity index (χ0n) is 12.9. The summed E-state index contributed by atoms with van der Waals surface area (Å²) >= 11 is 0. The number of nitrogens with two attached hydrogens (primary N) is 2. The van der Waals surface area contributed by atoms with E-state index in [-0.39, 0.29) is 17.7 Å². The van der Waals surface area contributed by atoms with E-state index in [2.05, 4.69) is 9.98 Å². The van der Waals surface area contributed by atoms with Gasteiger partial charge in [0.2, 0.25) is 11.9 Å². The average Bonchev–Trinajstić information content (AvgIpc) is 2.50. The Morgan fingerprint density at radius 2 is 1.96 bits per heavy atom. The van der Waals surface area contributed by atoms with Crippen LogP contribution in [0.3, 0.4) is 0 Å². The van der Waals surface area contributed by atoms with Gasteiger partial charge >= 0.3 is 0 Å². The Hall–Kier alpha value is -2.51. The molecule has 0 atom stereocenters. The van der Waals surface area contributed by atoms with Crippen molar-refractivity contribution in [3.63, 3.8) is 0 Å². The summed E-state index contributed by atoms with van der Waals surface area (Å²) in [5.41, 5.74) is 11.7. The number of phenolic OH excluding ortho intramolecular Hbond substituents is 1. The van der Waals surface area contributed by atoms with Gasteiger partial charge in [-0.2, -0.15) is 4.99 Å². The van der Waals surface area contributed by atoms with E-state index < -0.39 is 17.2 Å². The summed E-state index contributed by atoms with van der Waals surface area (Å²) < 4.78 is 18.9. The molecule has 8 heteroatoms. The van der Waals surface area contributed by atoms with E-state index in [4.69, 9.17) is 16.2 Å². The van der Waals surface area contributed by atoms with Crippen LogP contribution in [-0.4, -0.2) is 29.8 Å². The number of nitrogens with zero attached hydrogens (tertiary/aromatic N) is 3. The SMILES string of the molecule is COc1cc(F)c(O)cc1N1C(N)=NC(N)=NC12CCCCC2. The molecule has 1 spiro atoms. The van der Waals surface area contributed by atoms with Gasteiger partial charge in [0, 0.05) is 12.1 Å². The molecule has 23 heavy (non-hydrogen) atoms. The van der Waals surface area contributed by atoms with Crippen LogP contribution in [0.2, 0.25) is 0 Å². The minimum absolute atomic E-state index is 0.131. The molecule has 1 aliphatic heterocycles. The van der Waals surface area contributed by atoms with E-state index >= 15 is 0 Å². The lowest BCUT2D eigenvalue weighted by molar-refractivity contribution is 0.302. The van der Waals surface area contributed by atoms with Crippen molar-refractivity contribution in [1.82, 2.24) is 0 Å². The van der Waals surface area contributed by atoms with Gasteiger partial charge in [-0.1, -0.05) is 6.42 Å². The van der Waals surface area contributed by atoms with Crippen LogP contribution < -0.4 is 21.1 Å². The molecular formula is C15H20FN5O2. The highest BCUT2D eigenvalue weighted by atomic mass is 19.1. The van der Waals surface area contributed by atoms with Crippen molar-refractivity contribution in [1.29, 1.82) is 0 Å². The first-order valence-electron chi connectivity index (χ1n) is 7.53. The number of halogens is 1. The van der Waals surface area contributed by atoms with Crippen molar-refractivity contribution in [2.75, 3.05) is 12.0 Å². The molecule has 1 saturated carbocycles. The quantitative estimate of drug-likeness (QED) is 0.767.